The average Bonchev–Trinajstić information content (AvgIpc) is 2.95. The molecule has 0 fully saturated rings. The summed E-state index contributed by atoms with van der Waals surface area (Å²) in [6.07, 6.45) is 4.30. The Kier molecular flexibility index (Phi) is 3.08. The van der Waals surface area contributed by atoms with Crippen molar-refractivity contribution < 1.29 is 0 Å². The van der Waals surface area contributed by atoms with Crippen molar-refractivity contribution in [3.8, 4) is 16.9 Å². The first-order valence-electron chi connectivity index (χ1n) is 7.18. The summed E-state index contributed by atoms with van der Waals surface area (Å²) in [6, 6.07) is 19.1. The lowest BCUT2D eigenvalue weighted by molar-refractivity contribution is 0.843. The molecule has 0 saturated heterocycles. The van der Waals surface area contributed by atoms with Crippen LogP contribution in [0.5, 0.6) is 0 Å². The second-order valence-corrected chi connectivity index (χ2v) is 6.04. The summed E-state index contributed by atoms with van der Waals surface area (Å²) in [4.78, 5) is 0. The minimum Gasteiger partial charge on any atom is -0.232 e. The van der Waals surface area contributed by atoms with Gasteiger partial charge in [0, 0.05) is 11.1 Å². The van der Waals surface area contributed by atoms with E-state index in [1.54, 1.807) is 11.8 Å². The van der Waals surface area contributed by atoms with Crippen molar-refractivity contribution in [2.45, 2.75) is 17.9 Å². The maximum absolute atomic E-state index is 4.86. The molecule has 0 saturated carbocycles. The van der Waals surface area contributed by atoms with Crippen LogP contribution in [0.15, 0.2) is 59.6 Å². The highest BCUT2D eigenvalue weighted by Crippen LogP contribution is 2.39. The van der Waals surface area contributed by atoms with Crippen molar-refractivity contribution in [2.75, 3.05) is 6.26 Å². The highest BCUT2D eigenvalue weighted by Gasteiger charge is 2.25. The predicted octanol–water partition coefficient (Wildman–Crippen LogP) is 4.36. The number of hydrogen-bond acceptors (Lipinski definition) is 2. The number of hydrogen-bond donors (Lipinski definition) is 0. The van der Waals surface area contributed by atoms with Gasteiger partial charge in [0.25, 0.3) is 0 Å². The quantitative estimate of drug-likeness (QED) is 0.653. The van der Waals surface area contributed by atoms with Gasteiger partial charge in [-0.05, 0) is 36.8 Å². The zero-order valence-corrected chi connectivity index (χ0v) is 12.7. The first-order valence-corrected chi connectivity index (χ1v) is 8.40. The summed E-state index contributed by atoms with van der Waals surface area (Å²) < 4.78 is 2.11. The topological polar surface area (TPSA) is 17.8 Å². The van der Waals surface area contributed by atoms with Crippen LogP contribution < -0.4 is 0 Å². The monoisotopic (exact) mass is 292 g/mol. The van der Waals surface area contributed by atoms with Crippen molar-refractivity contribution in [1.82, 2.24) is 9.78 Å². The van der Waals surface area contributed by atoms with Gasteiger partial charge in [-0.3, -0.25) is 0 Å². The second-order valence-electron chi connectivity index (χ2n) is 5.24. The van der Waals surface area contributed by atoms with Gasteiger partial charge in [0.05, 0.1) is 11.4 Å². The summed E-state index contributed by atoms with van der Waals surface area (Å²) in [5.41, 5.74) is 6.55. The SMILES string of the molecule is CSc1nn(-c2ccccc2)c2c1CCc1ccccc1-2. The average molecular weight is 292 g/mol. The van der Waals surface area contributed by atoms with Crippen molar-refractivity contribution >= 4 is 11.8 Å². The van der Waals surface area contributed by atoms with E-state index in [1.165, 1.54) is 22.4 Å². The molecular weight excluding hydrogens is 276 g/mol. The van der Waals surface area contributed by atoms with Gasteiger partial charge >= 0.3 is 0 Å². The molecular formula is C18H16N2S. The van der Waals surface area contributed by atoms with Crippen LogP contribution in [-0.4, -0.2) is 16.0 Å². The molecule has 0 N–H and O–H groups in total. The van der Waals surface area contributed by atoms with Gasteiger partial charge in [-0.1, -0.05) is 42.5 Å². The smallest absolute Gasteiger partial charge is 0.122 e. The summed E-state index contributed by atoms with van der Waals surface area (Å²) in [5, 5.41) is 6.01. The van der Waals surface area contributed by atoms with Gasteiger partial charge < -0.3 is 0 Å². The normalized spacial score (nSPS) is 12.8. The molecule has 3 heteroatoms. The van der Waals surface area contributed by atoms with E-state index in [0.29, 0.717) is 0 Å². The van der Waals surface area contributed by atoms with Crippen molar-refractivity contribution in [3.05, 3.63) is 65.7 Å². The fourth-order valence-electron chi connectivity index (χ4n) is 3.08. The molecule has 21 heavy (non-hydrogen) atoms. The lowest BCUT2D eigenvalue weighted by Crippen LogP contribution is -2.07. The van der Waals surface area contributed by atoms with Gasteiger partial charge in [0.1, 0.15) is 5.03 Å². The van der Waals surface area contributed by atoms with Gasteiger partial charge in [0.2, 0.25) is 0 Å². The van der Waals surface area contributed by atoms with E-state index in [1.807, 2.05) is 6.07 Å². The fourth-order valence-corrected chi connectivity index (χ4v) is 3.69. The summed E-state index contributed by atoms with van der Waals surface area (Å²) in [7, 11) is 0. The van der Waals surface area contributed by atoms with Gasteiger partial charge in [0.15, 0.2) is 0 Å². The molecule has 0 spiro atoms. The fraction of sp³-hybridized carbons (Fsp3) is 0.167. The van der Waals surface area contributed by atoms with Gasteiger partial charge in [-0.15, -0.1) is 11.8 Å². The number of benzene rings is 2. The summed E-state index contributed by atoms with van der Waals surface area (Å²) >= 11 is 1.74. The molecule has 1 aromatic heterocycles. The Hall–Kier alpha value is -2.00. The molecule has 0 unspecified atom stereocenters. The number of para-hydroxylation sites is 1. The number of aryl methyl sites for hydroxylation is 1. The maximum atomic E-state index is 4.86. The van der Waals surface area contributed by atoms with Crippen molar-refractivity contribution in [2.24, 2.45) is 0 Å². The highest BCUT2D eigenvalue weighted by molar-refractivity contribution is 7.98. The lowest BCUT2D eigenvalue weighted by Gasteiger charge is -2.18. The third-order valence-electron chi connectivity index (χ3n) is 4.06. The Morgan fingerprint density at radius 2 is 1.71 bits per heavy atom. The lowest BCUT2D eigenvalue weighted by atomic mass is 9.90. The van der Waals surface area contributed by atoms with Crippen LogP contribution >= 0.6 is 11.8 Å². The van der Waals surface area contributed by atoms with E-state index in [0.717, 1.165) is 23.6 Å². The van der Waals surface area contributed by atoms with Crippen LogP contribution in [0, 0.1) is 0 Å². The third kappa shape index (κ3) is 2.00. The molecule has 0 aliphatic heterocycles. The van der Waals surface area contributed by atoms with Crippen LogP contribution in [-0.2, 0) is 12.8 Å². The van der Waals surface area contributed by atoms with Crippen molar-refractivity contribution in [3.63, 3.8) is 0 Å². The van der Waals surface area contributed by atoms with E-state index in [2.05, 4.69) is 59.5 Å². The number of thioether (sulfide) groups is 1. The number of nitrogens with zero attached hydrogens (tertiary/aromatic N) is 2. The molecule has 0 radical (unpaired) electrons. The Labute approximate surface area is 128 Å². The van der Waals surface area contributed by atoms with Crippen LogP contribution in [0.25, 0.3) is 16.9 Å². The number of aromatic nitrogens is 2. The van der Waals surface area contributed by atoms with Crippen LogP contribution in [0.3, 0.4) is 0 Å². The van der Waals surface area contributed by atoms with Crippen LogP contribution in [0.4, 0.5) is 0 Å². The molecule has 0 atom stereocenters. The van der Waals surface area contributed by atoms with E-state index in [4.69, 9.17) is 5.10 Å². The molecule has 1 heterocycles. The minimum absolute atomic E-state index is 1.08. The van der Waals surface area contributed by atoms with E-state index < -0.39 is 0 Å². The Morgan fingerprint density at radius 3 is 2.52 bits per heavy atom. The third-order valence-corrected chi connectivity index (χ3v) is 4.77. The second kappa shape index (κ2) is 5.08. The Morgan fingerprint density at radius 1 is 0.952 bits per heavy atom. The number of rotatable bonds is 2. The maximum Gasteiger partial charge on any atom is 0.122 e. The van der Waals surface area contributed by atoms with E-state index in [-0.39, 0.29) is 0 Å². The molecule has 104 valence electrons. The molecule has 3 aromatic rings. The highest BCUT2D eigenvalue weighted by atomic mass is 32.2. The molecule has 4 rings (SSSR count). The zero-order chi connectivity index (χ0) is 14.2. The Bertz CT molecular complexity index is 790. The van der Waals surface area contributed by atoms with Crippen LogP contribution in [0.2, 0.25) is 0 Å². The van der Waals surface area contributed by atoms with E-state index >= 15 is 0 Å². The Balaban J connectivity index is 2.01. The minimum atomic E-state index is 1.08. The standard InChI is InChI=1S/C18H16N2S/c1-21-18-16-12-11-13-7-5-6-10-15(13)17(16)20(19-18)14-8-3-2-4-9-14/h2-10H,11-12H2,1H3. The largest absolute Gasteiger partial charge is 0.232 e. The molecule has 0 amide bonds. The van der Waals surface area contributed by atoms with Gasteiger partial charge in [-0.2, -0.15) is 5.10 Å². The number of fused-ring (bicyclic) bond motifs is 3. The van der Waals surface area contributed by atoms with Crippen LogP contribution in [0.1, 0.15) is 11.1 Å². The summed E-state index contributed by atoms with van der Waals surface area (Å²) in [5.74, 6) is 0. The van der Waals surface area contributed by atoms with E-state index in [9.17, 15) is 0 Å². The first kappa shape index (κ1) is 12.7. The molecule has 2 aromatic carbocycles. The summed E-state index contributed by atoms with van der Waals surface area (Å²) in [6.45, 7) is 0. The molecule has 0 bridgehead atoms. The first-order chi connectivity index (χ1) is 10.4. The molecule has 1 aliphatic rings. The van der Waals surface area contributed by atoms with Gasteiger partial charge in [-0.25, -0.2) is 4.68 Å². The predicted molar refractivity (Wildman–Crippen MR) is 88.2 cm³/mol. The zero-order valence-electron chi connectivity index (χ0n) is 11.9. The molecule has 1 aliphatic carbocycles. The van der Waals surface area contributed by atoms with Crippen molar-refractivity contribution in [1.29, 1.82) is 0 Å². The molecule has 2 nitrogen and oxygen atoms in total.